The monoisotopic (exact) mass is 257 g/mol. The maximum atomic E-state index is 13.5. The van der Waals surface area contributed by atoms with Crippen molar-refractivity contribution in [1.82, 2.24) is 5.32 Å². The molecule has 1 aromatic rings. The van der Waals surface area contributed by atoms with Crippen molar-refractivity contribution in [2.75, 3.05) is 6.54 Å². The first kappa shape index (κ1) is 15.1. The molecule has 0 aliphatic heterocycles. The first-order chi connectivity index (χ1) is 8.41. The lowest BCUT2D eigenvalue weighted by atomic mass is 9.96. The minimum absolute atomic E-state index is 0.268. The number of aliphatic hydroxyl groups is 1. The van der Waals surface area contributed by atoms with Crippen LogP contribution in [0.3, 0.4) is 0 Å². The summed E-state index contributed by atoms with van der Waals surface area (Å²) in [6.45, 7) is 6.00. The van der Waals surface area contributed by atoms with Crippen molar-refractivity contribution in [3.05, 3.63) is 35.4 Å². The molecule has 0 spiro atoms. The third-order valence-electron chi connectivity index (χ3n) is 3.48. The zero-order valence-electron chi connectivity index (χ0n) is 11.1. The SMILES string of the molecule is CCC(O)(CC)CNC(C)c1ccc(F)cc1F. The summed E-state index contributed by atoms with van der Waals surface area (Å²) in [7, 11) is 0. The summed E-state index contributed by atoms with van der Waals surface area (Å²) in [6.07, 6.45) is 1.27. The van der Waals surface area contributed by atoms with E-state index in [0.29, 0.717) is 24.9 Å². The molecule has 0 aromatic heterocycles. The van der Waals surface area contributed by atoms with Crippen LogP contribution in [0, 0.1) is 11.6 Å². The topological polar surface area (TPSA) is 32.3 Å². The predicted octanol–water partition coefficient (Wildman–Crippen LogP) is 3.17. The molecule has 2 nitrogen and oxygen atoms in total. The second kappa shape index (κ2) is 6.25. The Morgan fingerprint density at radius 3 is 2.39 bits per heavy atom. The zero-order chi connectivity index (χ0) is 13.8. The lowest BCUT2D eigenvalue weighted by molar-refractivity contribution is 0.0302. The molecule has 2 N–H and O–H groups in total. The average Bonchev–Trinajstić information content (AvgIpc) is 2.35. The molecule has 0 fully saturated rings. The smallest absolute Gasteiger partial charge is 0.130 e. The molecule has 0 aliphatic carbocycles. The fraction of sp³-hybridized carbons (Fsp3) is 0.571. The van der Waals surface area contributed by atoms with Crippen LogP contribution < -0.4 is 5.32 Å². The summed E-state index contributed by atoms with van der Waals surface area (Å²) >= 11 is 0. The molecule has 1 aromatic carbocycles. The quantitative estimate of drug-likeness (QED) is 0.820. The van der Waals surface area contributed by atoms with E-state index in [-0.39, 0.29) is 6.04 Å². The maximum Gasteiger partial charge on any atom is 0.130 e. The standard InChI is InChI=1S/C14H21F2NO/c1-4-14(18,5-2)9-17-10(3)12-7-6-11(15)8-13(12)16/h6-8,10,17-18H,4-5,9H2,1-3H3. The highest BCUT2D eigenvalue weighted by Gasteiger charge is 2.23. The highest BCUT2D eigenvalue weighted by molar-refractivity contribution is 5.21. The Labute approximate surface area is 107 Å². The summed E-state index contributed by atoms with van der Waals surface area (Å²) in [4.78, 5) is 0. The molecule has 0 aliphatic rings. The van der Waals surface area contributed by atoms with Gasteiger partial charge in [0.25, 0.3) is 0 Å². The summed E-state index contributed by atoms with van der Waals surface area (Å²) in [6, 6.07) is 3.27. The Morgan fingerprint density at radius 2 is 1.89 bits per heavy atom. The molecule has 18 heavy (non-hydrogen) atoms. The van der Waals surface area contributed by atoms with E-state index in [2.05, 4.69) is 5.32 Å². The first-order valence-corrected chi connectivity index (χ1v) is 6.32. The zero-order valence-corrected chi connectivity index (χ0v) is 11.1. The molecule has 0 radical (unpaired) electrons. The van der Waals surface area contributed by atoms with Crippen LogP contribution in [-0.4, -0.2) is 17.3 Å². The summed E-state index contributed by atoms with van der Waals surface area (Å²) in [5.41, 5.74) is -0.365. The van der Waals surface area contributed by atoms with Crippen molar-refractivity contribution < 1.29 is 13.9 Å². The van der Waals surface area contributed by atoms with Gasteiger partial charge in [0.2, 0.25) is 0 Å². The highest BCUT2D eigenvalue weighted by Crippen LogP contribution is 2.20. The van der Waals surface area contributed by atoms with Crippen molar-refractivity contribution in [3.63, 3.8) is 0 Å². The van der Waals surface area contributed by atoms with Crippen LogP contribution in [0.5, 0.6) is 0 Å². The van der Waals surface area contributed by atoms with Crippen LogP contribution in [0.15, 0.2) is 18.2 Å². The largest absolute Gasteiger partial charge is 0.389 e. The summed E-state index contributed by atoms with van der Waals surface area (Å²) < 4.78 is 26.3. The number of hydrogen-bond acceptors (Lipinski definition) is 2. The molecule has 0 saturated heterocycles. The van der Waals surface area contributed by atoms with Gasteiger partial charge in [0.05, 0.1) is 5.60 Å². The third kappa shape index (κ3) is 3.75. The van der Waals surface area contributed by atoms with E-state index in [0.717, 1.165) is 6.07 Å². The van der Waals surface area contributed by atoms with Crippen LogP contribution in [0.4, 0.5) is 8.78 Å². The lowest BCUT2D eigenvalue weighted by Crippen LogP contribution is -2.40. The molecule has 0 bridgehead atoms. The maximum absolute atomic E-state index is 13.5. The number of halogens is 2. The third-order valence-corrected chi connectivity index (χ3v) is 3.48. The van der Waals surface area contributed by atoms with Crippen molar-refractivity contribution in [2.24, 2.45) is 0 Å². The van der Waals surface area contributed by atoms with Gasteiger partial charge in [0, 0.05) is 24.2 Å². The van der Waals surface area contributed by atoms with Crippen molar-refractivity contribution in [1.29, 1.82) is 0 Å². The predicted molar refractivity (Wildman–Crippen MR) is 68.3 cm³/mol. The summed E-state index contributed by atoms with van der Waals surface area (Å²) in [5.74, 6) is -1.14. The number of hydrogen-bond donors (Lipinski definition) is 2. The number of rotatable bonds is 6. The Bertz CT molecular complexity index is 391. The van der Waals surface area contributed by atoms with Gasteiger partial charge in [-0.15, -0.1) is 0 Å². The Balaban J connectivity index is 2.68. The van der Waals surface area contributed by atoms with Gasteiger partial charge < -0.3 is 10.4 Å². The van der Waals surface area contributed by atoms with Gasteiger partial charge in [-0.3, -0.25) is 0 Å². The molecule has 102 valence electrons. The molecule has 1 unspecified atom stereocenters. The second-order valence-electron chi connectivity index (χ2n) is 4.70. The molecule has 0 heterocycles. The molecule has 1 rings (SSSR count). The van der Waals surface area contributed by atoms with Crippen LogP contribution in [0.25, 0.3) is 0 Å². The highest BCUT2D eigenvalue weighted by atomic mass is 19.1. The van der Waals surface area contributed by atoms with E-state index in [1.54, 1.807) is 6.92 Å². The van der Waals surface area contributed by atoms with Gasteiger partial charge in [-0.2, -0.15) is 0 Å². The van der Waals surface area contributed by atoms with Crippen LogP contribution in [0.1, 0.15) is 45.2 Å². The fourth-order valence-corrected chi connectivity index (χ4v) is 1.81. The normalized spacial score (nSPS) is 13.7. The minimum Gasteiger partial charge on any atom is -0.389 e. The van der Waals surface area contributed by atoms with E-state index >= 15 is 0 Å². The van der Waals surface area contributed by atoms with Gasteiger partial charge in [-0.1, -0.05) is 19.9 Å². The first-order valence-electron chi connectivity index (χ1n) is 6.32. The number of nitrogens with one attached hydrogen (secondary N) is 1. The van der Waals surface area contributed by atoms with Gasteiger partial charge in [0.1, 0.15) is 11.6 Å². The Kier molecular flexibility index (Phi) is 5.23. The summed E-state index contributed by atoms with van der Waals surface area (Å²) in [5, 5.41) is 13.2. The van der Waals surface area contributed by atoms with Gasteiger partial charge >= 0.3 is 0 Å². The Morgan fingerprint density at radius 1 is 1.28 bits per heavy atom. The van der Waals surface area contributed by atoms with Gasteiger partial charge in [0.15, 0.2) is 0 Å². The lowest BCUT2D eigenvalue weighted by Gasteiger charge is -2.27. The van der Waals surface area contributed by atoms with E-state index in [1.807, 2.05) is 13.8 Å². The minimum atomic E-state index is -0.773. The second-order valence-corrected chi connectivity index (χ2v) is 4.70. The molecule has 4 heteroatoms. The van der Waals surface area contributed by atoms with E-state index in [1.165, 1.54) is 12.1 Å². The molecular formula is C14H21F2NO. The van der Waals surface area contributed by atoms with Crippen LogP contribution in [-0.2, 0) is 0 Å². The van der Waals surface area contributed by atoms with Crippen molar-refractivity contribution in [3.8, 4) is 0 Å². The average molecular weight is 257 g/mol. The number of benzene rings is 1. The van der Waals surface area contributed by atoms with E-state index in [4.69, 9.17) is 0 Å². The van der Waals surface area contributed by atoms with Crippen LogP contribution in [0.2, 0.25) is 0 Å². The van der Waals surface area contributed by atoms with E-state index in [9.17, 15) is 13.9 Å². The van der Waals surface area contributed by atoms with Gasteiger partial charge in [-0.25, -0.2) is 8.78 Å². The molecule has 0 amide bonds. The van der Waals surface area contributed by atoms with Crippen molar-refractivity contribution >= 4 is 0 Å². The van der Waals surface area contributed by atoms with Gasteiger partial charge in [-0.05, 0) is 25.8 Å². The molecule has 0 saturated carbocycles. The molecular weight excluding hydrogens is 236 g/mol. The van der Waals surface area contributed by atoms with Crippen molar-refractivity contribution in [2.45, 2.75) is 45.3 Å². The fourth-order valence-electron chi connectivity index (χ4n) is 1.81. The Hall–Kier alpha value is -1.00. The molecule has 1 atom stereocenters. The van der Waals surface area contributed by atoms with Crippen LogP contribution >= 0.6 is 0 Å². The van der Waals surface area contributed by atoms with E-state index < -0.39 is 17.2 Å².